The number of fused-ring (bicyclic) bond motifs is 1. The molecule has 0 saturated carbocycles. The Hall–Kier alpha value is -0.120. The van der Waals surface area contributed by atoms with Crippen LogP contribution in [0.1, 0.15) is 20.3 Å². The minimum Gasteiger partial charge on any atom is -0.381 e. The summed E-state index contributed by atoms with van der Waals surface area (Å²) in [5.74, 6) is 1.68. The van der Waals surface area contributed by atoms with Crippen LogP contribution in [-0.2, 0) is 9.47 Å². The first-order valence-corrected chi connectivity index (χ1v) is 6.17. The van der Waals surface area contributed by atoms with Gasteiger partial charge in [0, 0.05) is 26.2 Å². The summed E-state index contributed by atoms with van der Waals surface area (Å²) in [6.07, 6.45) is 1.62. The highest BCUT2D eigenvalue weighted by Gasteiger charge is 2.34. The molecule has 0 aromatic rings. The quantitative estimate of drug-likeness (QED) is 0.704. The molecule has 0 aromatic carbocycles. The van der Waals surface area contributed by atoms with Crippen LogP contribution in [0, 0.1) is 11.8 Å². The number of hydrogen-bond donors (Lipinski definition) is 0. The molecule has 2 unspecified atom stereocenters. The second-order valence-corrected chi connectivity index (χ2v) is 5.06. The maximum absolute atomic E-state index is 5.58. The first-order valence-electron chi connectivity index (χ1n) is 6.17. The molecule has 2 rings (SSSR count). The maximum Gasteiger partial charge on any atom is 0.0596 e. The van der Waals surface area contributed by atoms with Gasteiger partial charge in [-0.3, -0.25) is 0 Å². The van der Waals surface area contributed by atoms with Gasteiger partial charge in [-0.1, -0.05) is 0 Å². The van der Waals surface area contributed by atoms with Gasteiger partial charge < -0.3 is 14.4 Å². The third kappa shape index (κ3) is 3.16. The Morgan fingerprint density at radius 1 is 1.33 bits per heavy atom. The first kappa shape index (κ1) is 11.4. The van der Waals surface area contributed by atoms with Crippen molar-refractivity contribution in [2.24, 2.45) is 11.8 Å². The molecule has 2 aliphatic rings. The topological polar surface area (TPSA) is 21.7 Å². The van der Waals surface area contributed by atoms with E-state index in [1.165, 1.54) is 19.5 Å². The molecule has 0 N–H and O–H groups in total. The maximum atomic E-state index is 5.58. The molecule has 0 bridgehead atoms. The standard InChI is InChI=1S/C12H23NO2/c1-10(2)15-6-4-13-7-11-3-5-14-9-12(11)8-13/h10-12H,3-9H2,1-2H3. The van der Waals surface area contributed by atoms with E-state index < -0.39 is 0 Å². The molecule has 2 aliphatic heterocycles. The molecule has 2 saturated heterocycles. The van der Waals surface area contributed by atoms with Crippen LogP contribution in [0.2, 0.25) is 0 Å². The Morgan fingerprint density at radius 3 is 2.87 bits per heavy atom. The van der Waals surface area contributed by atoms with E-state index in [9.17, 15) is 0 Å². The van der Waals surface area contributed by atoms with Crippen LogP contribution < -0.4 is 0 Å². The van der Waals surface area contributed by atoms with Crippen molar-refractivity contribution in [2.45, 2.75) is 26.4 Å². The molecule has 3 heteroatoms. The summed E-state index contributed by atoms with van der Waals surface area (Å²) < 4.78 is 11.1. The van der Waals surface area contributed by atoms with Gasteiger partial charge in [-0.05, 0) is 32.1 Å². The number of ether oxygens (including phenoxy) is 2. The Kier molecular flexibility index (Phi) is 4.00. The Labute approximate surface area is 92.7 Å². The van der Waals surface area contributed by atoms with E-state index in [0.29, 0.717) is 6.10 Å². The Bertz CT molecular complexity index is 182. The largest absolute Gasteiger partial charge is 0.381 e. The van der Waals surface area contributed by atoms with E-state index in [4.69, 9.17) is 9.47 Å². The summed E-state index contributed by atoms with van der Waals surface area (Å²) in [5.41, 5.74) is 0. The van der Waals surface area contributed by atoms with Crippen LogP contribution >= 0.6 is 0 Å². The van der Waals surface area contributed by atoms with Crippen LogP contribution in [0.3, 0.4) is 0 Å². The smallest absolute Gasteiger partial charge is 0.0596 e. The van der Waals surface area contributed by atoms with E-state index >= 15 is 0 Å². The molecule has 0 aromatic heterocycles. The summed E-state index contributed by atoms with van der Waals surface area (Å²) in [6, 6.07) is 0. The van der Waals surface area contributed by atoms with Crippen molar-refractivity contribution >= 4 is 0 Å². The van der Waals surface area contributed by atoms with Gasteiger partial charge in [-0.15, -0.1) is 0 Å². The highest BCUT2D eigenvalue weighted by atomic mass is 16.5. The van der Waals surface area contributed by atoms with Crippen molar-refractivity contribution < 1.29 is 9.47 Å². The van der Waals surface area contributed by atoms with Gasteiger partial charge in [0.25, 0.3) is 0 Å². The van der Waals surface area contributed by atoms with Crippen molar-refractivity contribution in [3.63, 3.8) is 0 Å². The number of likely N-dealkylation sites (tertiary alicyclic amines) is 1. The lowest BCUT2D eigenvalue weighted by Crippen LogP contribution is -2.27. The van der Waals surface area contributed by atoms with E-state index in [1.54, 1.807) is 0 Å². The van der Waals surface area contributed by atoms with Crippen LogP contribution in [0.15, 0.2) is 0 Å². The van der Waals surface area contributed by atoms with Gasteiger partial charge in [-0.25, -0.2) is 0 Å². The molecule has 15 heavy (non-hydrogen) atoms. The molecule has 0 amide bonds. The minimum absolute atomic E-state index is 0.359. The predicted octanol–water partition coefficient (Wildman–Crippen LogP) is 1.38. The lowest BCUT2D eigenvalue weighted by molar-refractivity contribution is 0.0367. The highest BCUT2D eigenvalue weighted by molar-refractivity contribution is 4.85. The number of hydrogen-bond acceptors (Lipinski definition) is 3. The zero-order valence-corrected chi connectivity index (χ0v) is 9.95. The monoisotopic (exact) mass is 213 g/mol. The van der Waals surface area contributed by atoms with Crippen molar-refractivity contribution in [3.8, 4) is 0 Å². The van der Waals surface area contributed by atoms with Crippen LogP contribution in [0.25, 0.3) is 0 Å². The summed E-state index contributed by atoms with van der Waals surface area (Å²) in [6.45, 7) is 10.6. The average molecular weight is 213 g/mol. The second-order valence-electron chi connectivity index (χ2n) is 5.06. The fourth-order valence-electron chi connectivity index (χ4n) is 2.62. The molecular formula is C12H23NO2. The van der Waals surface area contributed by atoms with Gasteiger partial charge in [-0.2, -0.15) is 0 Å². The number of rotatable bonds is 4. The lowest BCUT2D eigenvalue weighted by Gasteiger charge is -2.23. The van der Waals surface area contributed by atoms with Gasteiger partial charge in [0.15, 0.2) is 0 Å². The fourth-order valence-corrected chi connectivity index (χ4v) is 2.62. The van der Waals surface area contributed by atoms with E-state index in [-0.39, 0.29) is 0 Å². The molecule has 2 fully saturated rings. The van der Waals surface area contributed by atoms with Gasteiger partial charge in [0.2, 0.25) is 0 Å². The van der Waals surface area contributed by atoms with Crippen LogP contribution in [0.4, 0.5) is 0 Å². The van der Waals surface area contributed by atoms with Gasteiger partial charge in [0.05, 0.1) is 19.3 Å². The molecule has 0 spiro atoms. The second kappa shape index (κ2) is 5.28. The Balaban J connectivity index is 1.67. The first-order chi connectivity index (χ1) is 7.25. The number of nitrogens with zero attached hydrogens (tertiary/aromatic N) is 1. The normalized spacial score (nSPS) is 32.2. The molecule has 0 radical (unpaired) electrons. The highest BCUT2D eigenvalue weighted by Crippen LogP contribution is 2.29. The summed E-state index contributed by atoms with van der Waals surface area (Å²) >= 11 is 0. The molecular weight excluding hydrogens is 190 g/mol. The summed E-state index contributed by atoms with van der Waals surface area (Å²) in [7, 11) is 0. The Morgan fingerprint density at radius 2 is 2.13 bits per heavy atom. The van der Waals surface area contributed by atoms with E-state index in [0.717, 1.165) is 38.2 Å². The van der Waals surface area contributed by atoms with Crippen molar-refractivity contribution in [1.29, 1.82) is 0 Å². The minimum atomic E-state index is 0.359. The van der Waals surface area contributed by atoms with Crippen molar-refractivity contribution in [3.05, 3.63) is 0 Å². The molecule has 0 aliphatic carbocycles. The molecule has 3 nitrogen and oxygen atoms in total. The zero-order valence-electron chi connectivity index (χ0n) is 9.95. The average Bonchev–Trinajstić information content (AvgIpc) is 2.59. The van der Waals surface area contributed by atoms with Crippen LogP contribution in [-0.4, -0.2) is 50.5 Å². The van der Waals surface area contributed by atoms with Crippen molar-refractivity contribution in [1.82, 2.24) is 4.90 Å². The van der Waals surface area contributed by atoms with E-state index in [1.807, 2.05) is 0 Å². The van der Waals surface area contributed by atoms with Gasteiger partial charge >= 0.3 is 0 Å². The van der Waals surface area contributed by atoms with Gasteiger partial charge in [0.1, 0.15) is 0 Å². The predicted molar refractivity (Wildman–Crippen MR) is 59.9 cm³/mol. The lowest BCUT2D eigenvalue weighted by atomic mass is 9.92. The van der Waals surface area contributed by atoms with Crippen molar-refractivity contribution in [2.75, 3.05) is 39.5 Å². The SMILES string of the molecule is CC(C)OCCN1CC2CCOCC2C1. The summed E-state index contributed by atoms with van der Waals surface area (Å²) in [4.78, 5) is 2.53. The molecule has 2 atom stereocenters. The van der Waals surface area contributed by atoms with E-state index in [2.05, 4.69) is 18.7 Å². The fraction of sp³-hybridized carbons (Fsp3) is 1.00. The van der Waals surface area contributed by atoms with Crippen LogP contribution in [0.5, 0.6) is 0 Å². The third-order valence-corrected chi connectivity index (χ3v) is 3.48. The zero-order chi connectivity index (χ0) is 10.7. The molecule has 88 valence electrons. The summed E-state index contributed by atoms with van der Waals surface area (Å²) in [5, 5.41) is 0. The molecule has 2 heterocycles. The third-order valence-electron chi connectivity index (χ3n) is 3.48.